The molecule has 0 spiro atoms. The molecule has 1 atom stereocenters. The van der Waals surface area contributed by atoms with Crippen molar-refractivity contribution in [3.8, 4) is 0 Å². The number of aldehydes is 1. The Labute approximate surface area is 83.2 Å². The predicted octanol–water partition coefficient (Wildman–Crippen LogP) is -2.32. The van der Waals surface area contributed by atoms with Gasteiger partial charge in [-0.15, -0.1) is 0 Å². The van der Waals surface area contributed by atoms with E-state index in [1.54, 1.807) is 0 Å². The van der Waals surface area contributed by atoms with Crippen LogP contribution in [0.1, 0.15) is 0 Å². The van der Waals surface area contributed by atoms with Gasteiger partial charge in [-0.05, 0) is 0 Å². The smallest absolute Gasteiger partial charge is 0.286 e. The van der Waals surface area contributed by atoms with E-state index in [9.17, 15) is 14.4 Å². The van der Waals surface area contributed by atoms with Crippen LogP contribution >= 0.6 is 0 Å². The SMILES string of the molecule is NC1=NC2(C=O)N=CN=C2C(=O)N1C=O. The molecule has 0 aliphatic carbocycles. The number of hydrogen-bond acceptors (Lipinski definition) is 7. The lowest BCUT2D eigenvalue weighted by Gasteiger charge is -2.26. The normalized spacial score (nSPS) is 28.3. The summed E-state index contributed by atoms with van der Waals surface area (Å²) in [4.78, 5) is 44.4. The minimum absolute atomic E-state index is 0.205. The van der Waals surface area contributed by atoms with Gasteiger partial charge in [0.05, 0.1) is 0 Å². The van der Waals surface area contributed by atoms with Gasteiger partial charge in [-0.2, -0.15) is 0 Å². The highest BCUT2D eigenvalue weighted by molar-refractivity contribution is 6.52. The first kappa shape index (κ1) is 9.19. The van der Waals surface area contributed by atoms with Gasteiger partial charge in [-0.1, -0.05) is 0 Å². The lowest BCUT2D eigenvalue weighted by Crippen LogP contribution is -2.56. The van der Waals surface area contributed by atoms with Crippen molar-refractivity contribution in [1.29, 1.82) is 0 Å². The summed E-state index contributed by atoms with van der Waals surface area (Å²) in [5.41, 5.74) is 3.42. The van der Waals surface area contributed by atoms with Gasteiger partial charge in [-0.3, -0.25) is 14.4 Å². The average molecular weight is 207 g/mol. The summed E-state index contributed by atoms with van der Waals surface area (Å²) >= 11 is 0. The molecule has 0 aromatic carbocycles. The molecule has 0 aromatic heterocycles. The molecular formula is C7H5N5O3. The molecule has 0 radical (unpaired) electrons. The van der Waals surface area contributed by atoms with Gasteiger partial charge in [0, 0.05) is 0 Å². The van der Waals surface area contributed by atoms with Crippen molar-refractivity contribution in [3.63, 3.8) is 0 Å². The van der Waals surface area contributed by atoms with E-state index >= 15 is 0 Å². The van der Waals surface area contributed by atoms with Crippen LogP contribution in [-0.2, 0) is 14.4 Å². The molecule has 15 heavy (non-hydrogen) atoms. The molecule has 0 fully saturated rings. The highest BCUT2D eigenvalue weighted by atomic mass is 16.2. The number of fused-ring (bicyclic) bond motifs is 1. The molecule has 0 saturated heterocycles. The maximum Gasteiger partial charge on any atom is 0.286 e. The Bertz CT molecular complexity index is 452. The molecular weight excluding hydrogens is 202 g/mol. The van der Waals surface area contributed by atoms with Gasteiger partial charge in [-0.25, -0.2) is 19.9 Å². The Morgan fingerprint density at radius 3 is 2.80 bits per heavy atom. The highest BCUT2D eigenvalue weighted by Crippen LogP contribution is 2.22. The van der Waals surface area contributed by atoms with Gasteiger partial charge < -0.3 is 5.73 Å². The zero-order chi connectivity index (χ0) is 11.1. The van der Waals surface area contributed by atoms with E-state index in [1.165, 1.54) is 0 Å². The number of carbonyl (C=O) groups excluding carboxylic acids is 3. The third-order valence-corrected chi connectivity index (χ3v) is 2.01. The zero-order valence-corrected chi connectivity index (χ0v) is 7.32. The number of carbonyl (C=O) groups is 3. The predicted molar refractivity (Wildman–Crippen MR) is 49.3 cm³/mol. The first-order valence-corrected chi connectivity index (χ1v) is 3.87. The van der Waals surface area contributed by atoms with E-state index in [1.807, 2.05) is 0 Å². The number of guanidine groups is 1. The van der Waals surface area contributed by atoms with E-state index in [-0.39, 0.29) is 18.1 Å². The van der Waals surface area contributed by atoms with Crippen molar-refractivity contribution in [2.45, 2.75) is 5.66 Å². The highest BCUT2D eigenvalue weighted by Gasteiger charge is 2.48. The minimum atomic E-state index is -1.69. The fourth-order valence-electron chi connectivity index (χ4n) is 1.29. The van der Waals surface area contributed by atoms with Crippen molar-refractivity contribution in [2.24, 2.45) is 20.7 Å². The summed E-state index contributed by atoms with van der Waals surface area (Å²) in [6.45, 7) is 0. The molecule has 2 aliphatic rings. The maximum absolute atomic E-state index is 11.6. The number of aliphatic imine (C=N–C) groups is 3. The van der Waals surface area contributed by atoms with Crippen LogP contribution in [-0.4, -0.2) is 47.2 Å². The molecule has 2 rings (SSSR count). The van der Waals surface area contributed by atoms with Crippen LogP contribution in [0, 0.1) is 0 Å². The quantitative estimate of drug-likeness (QED) is 0.511. The molecule has 8 nitrogen and oxygen atoms in total. The van der Waals surface area contributed by atoms with E-state index in [0.717, 1.165) is 6.34 Å². The van der Waals surface area contributed by atoms with Gasteiger partial charge in [0.1, 0.15) is 6.34 Å². The Morgan fingerprint density at radius 1 is 1.47 bits per heavy atom. The van der Waals surface area contributed by atoms with Gasteiger partial charge in [0.25, 0.3) is 11.6 Å². The fraction of sp³-hybridized carbons (Fsp3) is 0.143. The summed E-state index contributed by atoms with van der Waals surface area (Å²) in [6, 6.07) is 0. The molecule has 0 saturated carbocycles. The van der Waals surface area contributed by atoms with E-state index in [0.29, 0.717) is 11.2 Å². The molecule has 2 heterocycles. The number of amides is 2. The second-order valence-electron chi connectivity index (χ2n) is 2.82. The van der Waals surface area contributed by atoms with Gasteiger partial charge in [0.2, 0.25) is 12.4 Å². The third kappa shape index (κ3) is 1.01. The maximum atomic E-state index is 11.6. The minimum Gasteiger partial charge on any atom is -0.369 e. The van der Waals surface area contributed by atoms with Crippen LogP contribution in [0.25, 0.3) is 0 Å². The van der Waals surface area contributed by atoms with Gasteiger partial charge in [0.15, 0.2) is 12.0 Å². The lowest BCUT2D eigenvalue weighted by atomic mass is 10.1. The van der Waals surface area contributed by atoms with Crippen LogP contribution < -0.4 is 5.73 Å². The van der Waals surface area contributed by atoms with Crippen LogP contribution in [0.3, 0.4) is 0 Å². The molecule has 8 heteroatoms. The standard InChI is InChI=1S/C7H5N5O3/c8-6-11-7(1-13)4(9-2-10-7)5(15)12(6)3-14/h1-3H,(H2,8,11). The number of hydrogen-bond donors (Lipinski definition) is 1. The van der Waals surface area contributed by atoms with Crippen molar-refractivity contribution >= 4 is 36.6 Å². The molecule has 0 bridgehead atoms. The van der Waals surface area contributed by atoms with Crippen molar-refractivity contribution in [1.82, 2.24) is 4.90 Å². The van der Waals surface area contributed by atoms with Crippen molar-refractivity contribution in [3.05, 3.63) is 0 Å². The Hall–Kier alpha value is -2.38. The first-order valence-electron chi connectivity index (χ1n) is 3.87. The third-order valence-electron chi connectivity index (χ3n) is 2.01. The first-order chi connectivity index (χ1) is 7.14. The van der Waals surface area contributed by atoms with Crippen molar-refractivity contribution in [2.75, 3.05) is 0 Å². The molecule has 0 aromatic rings. The number of rotatable bonds is 2. The summed E-state index contributed by atoms with van der Waals surface area (Å²) < 4.78 is 0. The topological polar surface area (TPSA) is 118 Å². The summed E-state index contributed by atoms with van der Waals surface area (Å²) in [6.07, 6.45) is 1.59. The van der Waals surface area contributed by atoms with Crippen LogP contribution in [0.2, 0.25) is 0 Å². The van der Waals surface area contributed by atoms with Crippen molar-refractivity contribution < 1.29 is 14.4 Å². The summed E-state index contributed by atoms with van der Waals surface area (Å²) in [5.74, 6) is -1.16. The van der Waals surface area contributed by atoms with Crippen LogP contribution in [0.15, 0.2) is 15.0 Å². The summed E-state index contributed by atoms with van der Waals surface area (Å²) in [7, 11) is 0. The second kappa shape index (κ2) is 2.80. The second-order valence-corrected chi connectivity index (χ2v) is 2.82. The molecule has 2 N–H and O–H groups in total. The number of nitrogens with zero attached hydrogens (tertiary/aromatic N) is 4. The fourth-order valence-corrected chi connectivity index (χ4v) is 1.29. The largest absolute Gasteiger partial charge is 0.369 e. The molecule has 76 valence electrons. The monoisotopic (exact) mass is 207 g/mol. The van der Waals surface area contributed by atoms with Crippen LogP contribution in [0.4, 0.5) is 0 Å². The van der Waals surface area contributed by atoms with E-state index in [4.69, 9.17) is 5.73 Å². The molecule has 1 unspecified atom stereocenters. The lowest BCUT2D eigenvalue weighted by molar-refractivity contribution is -0.129. The Balaban J connectivity index is 2.61. The zero-order valence-electron chi connectivity index (χ0n) is 7.32. The van der Waals surface area contributed by atoms with Crippen LogP contribution in [0.5, 0.6) is 0 Å². The van der Waals surface area contributed by atoms with Gasteiger partial charge >= 0.3 is 0 Å². The summed E-state index contributed by atoms with van der Waals surface area (Å²) in [5, 5.41) is 0. The average Bonchev–Trinajstić information content (AvgIpc) is 2.63. The number of nitrogens with two attached hydrogens (primary N) is 1. The molecule has 2 aliphatic heterocycles. The van der Waals surface area contributed by atoms with E-state index < -0.39 is 11.6 Å². The Morgan fingerprint density at radius 2 is 2.20 bits per heavy atom. The molecule has 2 amide bonds. The number of imide groups is 1. The van der Waals surface area contributed by atoms with E-state index in [2.05, 4.69) is 15.0 Å². The Kier molecular flexibility index (Phi) is 1.72.